The molecule has 1 N–H and O–H groups in total. The first-order valence-corrected chi connectivity index (χ1v) is 4.41. The second-order valence-electron chi connectivity index (χ2n) is 3.22. The van der Waals surface area contributed by atoms with Crippen molar-refractivity contribution < 1.29 is 4.79 Å². The van der Waals surface area contributed by atoms with Crippen LogP contribution in [0.25, 0.3) is 0 Å². The molecule has 0 bridgehead atoms. The maximum Gasteiger partial charge on any atom is 0.207 e. The third kappa shape index (κ3) is 3.19. The Morgan fingerprint density at radius 3 is 2.58 bits per heavy atom. The molecule has 0 aliphatic carbocycles. The van der Waals surface area contributed by atoms with E-state index < -0.39 is 0 Å². The van der Waals surface area contributed by atoms with Crippen LogP contribution in [0.15, 0.2) is 0 Å². The molecule has 0 radical (unpaired) electrons. The fraction of sp³-hybridized carbons (Fsp3) is 0.875. The molecule has 1 rings (SSSR count). The van der Waals surface area contributed by atoms with Crippen LogP contribution >= 0.6 is 0 Å². The predicted molar refractivity (Wildman–Crippen MR) is 48.0 cm³/mol. The van der Waals surface area contributed by atoms with Gasteiger partial charge in [0.15, 0.2) is 0 Å². The molecule has 0 aromatic heterocycles. The molecule has 1 aliphatic rings. The summed E-state index contributed by atoms with van der Waals surface area (Å²) in [4.78, 5) is 14.7. The van der Waals surface area contributed by atoms with Crippen molar-refractivity contribution >= 4 is 6.41 Å². The number of nitrogens with one attached hydrogen (secondary N) is 1. The summed E-state index contributed by atoms with van der Waals surface area (Å²) in [6, 6.07) is 0. The van der Waals surface area contributed by atoms with E-state index in [1.54, 1.807) is 0 Å². The van der Waals surface area contributed by atoms with Crippen molar-refractivity contribution in [2.45, 2.75) is 0 Å². The molecule has 4 nitrogen and oxygen atoms in total. The van der Waals surface area contributed by atoms with E-state index in [4.69, 9.17) is 0 Å². The topological polar surface area (TPSA) is 35.6 Å². The van der Waals surface area contributed by atoms with Crippen molar-refractivity contribution in [2.24, 2.45) is 0 Å². The fourth-order valence-corrected chi connectivity index (χ4v) is 1.35. The zero-order valence-corrected chi connectivity index (χ0v) is 7.62. The highest BCUT2D eigenvalue weighted by Crippen LogP contribution is 1.96. The van der Waals surface area contributed by atoms with Gasteiger partial charge in [0.1, 0.15) is 0 Å². The summed E-state index contributed by atoms with van der Waals surface area (Å²) in [6.45, 7) is 6.27. The van der Waals surface area contributed by atoms with Gasteiger partial charge in [-0.15, -0.1) is 0 Å². The number of nitrogens with zero attached hydrogens (tertiary/aromatic N) is 2. The first-order chi connectivity index (χ1) is 5.83. The van der Waals surface area contributed by atoms with Gasteiger partial charge in [0.2, 0.25) is 6.41 Å². The summed E-state index contributed by atoms with van der Waals surface area (Å²) < 4.78 is 0. The molecule has 12 heavy (non-hydrogen) atoms. The van der Waals surface area contributed by atoms with Gasteiger partial charge >= 0.3 is 0 Å². The van der Waals surface area contributed by atoms with Crippen LogP contribution < -0.4 is 5.32 Å². The zero-order chi connectivity index (χ0) is 8.81. The molecule has 0 unspecified atom stereocenters. The van der Waals surface area contributed by atoms with Gasteiger partial charge in [-0.3, -0.25) is 9.69 Å². The maximum atomic E-state index is 9.96. The smallest absolute Gasteiger partial charge is 0.207 e. The minimum absolute atomic E-state index is 0.760. The van der Waals surface area contributed by atoms with Gasteiger partial charge in [0, 0.05) is 39.3 Å². The Labute approximate surface area is 73.5 Å². The number of likely N-dealkylation sites (N-methyl/N-ethyl adjacent to an activating group) is 1. The van der Waals surface area contributed by atoms with E-state index in [1.807, 2.05) is 0 Å². The van der Waals surface area contributed by atoms with Gasteiger partial charge in [0.25, 0.3) is 0 Å². The normalized spacial score (nSPS) is 20.8. The van der Waals surface area contributed by atoms with Crippen LogP contribution in [0.5, 0.6) is 0 Å². The SMILES string of the molecule is CN1CCN(CCNC=O)CC1. The van der Waals surface area contributed by atoms with Crippen LogP contribution in [0.3, 0.4) is 0 Å². The van der Waals surface area contributed by atoms with E-state index in [0.717, 1.165) is 45.7 Å². The Morgan fingerprint density at radius 1 is 1.33 bits per heavy atom. The van der Waals surface area contributed by atoms with Gasteiger partial charge in [-0.2, -0.15) is 0 Å². The van der Waals surface area contributed by atoms with Crippen molar-refractivity contribution in [3.05, 3.63) is 0 Å². The second kappa shape index (κ2) is 5.11. The van der Waals surface area contributed by atoms with E-state index in [2.05, 4.69) is 22.2 Å². The molecule has 0 atom stereocenters. The summed E-state index contributed by atoms with van der Waals surface area (Å²) in [5, 5.41) is 2.67. The second-order valence-corrected chi connectivity index (χ2v) is 3.22. The molecule has 1 heterocycles. The summed E-state index contributed by atoms with van der Waals surface area (Å²) in [7, 11) is 2.14. The average Bonchev–Trinajstić information content (AvgIpc) is 2.09. The van der Waals surface area contributed by atoms with Crippen LogP contribution in [-0.2, 0) is 4.79 Å². The van der Waals surface area contributed by atoms with Gasteiger partial charge < -0.3 is 10.2 Å². The van der Waals surface area contributed by atoms with Crippen LogP contribution in [0.1, 0.15) is 0 Å². The molecule has 1 amide bonds. The molecule has 70 valence electrons. The minimum atomic E-state index is 0.760. The highest BCUT2D eigenvalue weighted by Gasteiger charge is 2.12. The molecule has 4 heteroatoms. The highest BCUT2D eigenvalue weighted by molar-refractivity contribution is 5.45. The van der Waals surface area contributed by atoms with E-state index in [-0.39, 0.29) is 0 Å². The molecule has 1 saturated heterocycles. The maximum absolute atomic E-state index is 9.96. The van der Waals surface area contributed by atoms with Crippen molar-refractivity contribution in [1.82, 2.24) is 15.1 Å². The van der Waals surface area contributed by atoms with Crippen LogP contribution in [0, 0.1) is 0 Å². The number of hydrogen-bond acceptors (Lipinski definition) is 3. The van der Waals surface area contributed by atoms with E-state index in [9.17, 15) is 4.79 Å². The Hall–Kier alpha value is -0.610. The van der Waals surface area contributed by atoms with E-state index in [0.29, 0.717) is 0 Å². The number of amides is 1. The third-order valence-corrected chi connectivity index (χ3v) is 2.25. The quantitative estimate of drug-likeness (QED) is 0.434. The summed E-state index contributed by atoms with van der Waals surface area (Å²) in [5.74, 6) is 0. The standard InChI is InChI=1S/C8H17N3O/c1-10-4-6-11(7-5-10)3-2-9-8-12/h8H,2-7H2,1H3,(H,9,12). The summed E-state index contributed by atoms with van der Waals surface area (Å²) in [5.41, 5.74) is 0. The van der Waals surface area contributed by atoms with Crippen molar-refractivity contribution in [3.8, 4) is 0 Å². The Bertz CT molecular complexity index is 132. The van der Waals surface area contributed by atoms with Crippen molar-refractivity contribution in [2.75, 3.05) is 46.3 Å². The molecule has 1 aliphatic heterocycles. The molecule has 1 fully saturated rings. The van der Waals surface area contributed by atoms with Crippen LogP contribution in [0.2, 0.25) is 0 Å². The van der Waals surface area contributed by atoms with Crippen molar-refractivity contribution in [1.29, 1.82) is 0 Å². The monoisotopic (exact) mass is 171 g/mol. The van der Waals surface area contributed by atoms with Gasteiger partial charge in [-0.1, -0.05) is 0 Å². The van der Waals surface area contributed by atoms with Crippen molar-refractivity contribution in [3.63, 3.8) is 0 Å². The lowest BCUT2D eigenvalue weighted by molar-refractivity contribution is -0.109. The Morgan fingerprint density at radius 2 is 2.00 bits per heavy atom. The first-order valence-electron chi connectivity index (χ1n) is 4.41. The molecular formula is C8H17N3O. The fourth-order valence-electron chi connectivity index (χ4n) is 1.35. The van der Waals surface area contributed by atoms with Gasteiger partial charge in [0.05, 0.1) is 0 Å². The summed E-state index contributed by atoms with van der Waals surface area (Å²) in [6.07, 6.45) is 0.760. The largest absolute Gasteiger partial charge is 0.357 e. The van der Waals surface area contributed by atoms with Crippen LogP contribution in [-0.4, -0.2) is 62.5 Å². The molecule has 0 aromatic rings. The first kappa shape index (κ1) is 9.48. The number of carbonyl (C=O) groups is 1. The highest BCUT2D eigenvalue weighted by atomic mass is 16.1. The van der Waals surface area contributed by atoms with Gasteiger partial charge in [-0.05, 0) is 7.05 Å². The number of piperazine rings is 1. The number of hydrogen-bond donors (Lipinski definition) is 1. The molecule has 0 saturated carbocycles. The predicted octanol–water partition coefficient (Wildman–Crippen LogP) is -1.02. The van der Waals surface area contributed by atoms with Crippen LogP contribution in [0.4, 0.5) is 0 Å². The third-order valence-electron chi connectivity index (χ3n) is 2.25. The Kier molecular flexibility index (Phi) is 4.04. The molecule has 0 spiro atoms. The summed E-state index contributed by atoms with van der Waals surface area (Å²) >= 11 is 0. The average molecular weight is 171 g/mol. The molecular weight excluding hydrogens is 154 g/mol. The van der Waals surface area contributed by atoms with E-state index in [1.165, 1.54) is 0 Å². The number of rotatable bonds is 4. The zero-order valence-electron chi connectivity index (χ0n) is 7.62. The lowest BCUT2D eigenvalue weighted by Crippen LogP contribution is -2.46. The van der Waals surface area contributed by atoms with E-state index >= 15 is 0 Å². The Balaban J connectivity index is 2.05. The minimum Gasteiger partial charge on any atom is -0.357 e. The van der Waals surface area contributed by atoms with Gasteiger partial charge in [-0.25, -0.2) is 0 Å². The lowest BCUT2D eigenvalue weighted by atomic mass is 10.3. The lowest BCUT2D eigenvalue weighted by Gasteiger charge is -2.32. The molecule has 0 aromatic carbocycles. The number of carbonyl (C=O) groups excluding carboxylic acids is 1.